The van der Waals surface area contributed by atoms with Gasteiger partial charge in [-0.2, -0.15) is 0 Å². The van der Waals surface area contributed by atoms with Gasteiger partial charge in [0.1, 0.15) is 19.3 Å². The van der Waals surface area contributed by atoms with Crippen LogP contribution in [0.2, 0.25) is 0 Å². The molecule has 19 heteroatoms. The SMILES string of the molecule is CC/C=C\C/C=C\C/C=C\C/C=C\CCCCC(=O)OCC(COP(=O)(O)OCC(O)COP(=O)(O)OCC(COC(=O)CCCCCCC/C=C\C/C=C\CCC)OC(=O)CCCCCCCCCCCCC)OC(=O)CCCCCCC/C=C\C/C=C\CCCCC. The summed E-state index contributed by atoms with van der Waals surface area (Å²) in [6.07, 6.45) is 68.4. The van der Waals surface area contributed by atoms with Crippen molar-refractivity contribution in [1.82, 2.24) is 0 Å². The molecular weight excluding hydrogens is 1230 g/mol. The summed E-state index contributed by atoms with van der Waals surface area (Å²) in [6, 6.07) is 0. The molecule has 0 fully saturated rings. The normalized spacial score (nSPS) is 14.6. The average Bonchev–Trinajstić information content (AvgIpc) is 1.36. The maximum Gasteiger partial charge on any atom is 0.472 e. The summed E-state index contributed by atoms with van der Waals surface area (Å²) in [5, 5.41) is 10.6. The highest BCUT2D eigenvalue weighted by Crippen LogP contribution is 2.45. The Balaban J connectivity index is 5.38. The van der Waals surface area contributed by atoms with Crippen molar-refractivity contribution in [2.24, 2.45) is 0 Å². The van der Waals surface area contributed by atoms with E-state index in [4.69, 9.17) is 37.0 Å². The first-order valence-electron chi connectivity index (χ1n) is 36.5. The number of hydrogen-bond acceptors (Lipinski definition) is 15. The molecule has 0 aromatic carbocycles. The number of ether oxygens (including phenoxy) is 4. The van der Waals surface area contributed by atoms with Crippen LogP contribution in [-0.2, 0) is 65.4 Å². The molecule has 0 heterocycles. The molecule has 3 N–H and O–H groups in total. The van der Waals surface area contributed by atoms with Crippen molar-refractivity contribution in [2.75, 3.05) is 39.6 Å². The van der Waals surface area contributed by atoms with Crippen molar-refractivity contribution in [3.05, 3.63) is 97.2 Å². The predicted octanol–water partition coefficient (Wildman–Crippen LogP) is 20.4. The molecule has 0 aromatic rings. The Morgan fingerprint density at radius 3 is 0.936 bits per heavy atom. The van der Waals surface area contributed by atoms with Crippen molar-refractivity contribution in [2.45, 2.75) is 316 Å². The summed E-state index contributed by atoms with van der Waals surface area (Å²) < 4.78 is 68.2. The predicted molar refractivity (Wildman–Crippen MR) is 381 cm³/mol. The van der Waals surface area contributed by atoms with Gasteiger partial charge in [-0.15, -0.1) is 0 Å². The fraction of sp³-hybridized carbons (Fsp3) is 0.733. The van der Waals surface area contributed by atoms with Crippen LogP contribution in [0.5, 0.6) is 0 Å². The van der Waals surface area contributed by atoms with E-state index in [1.807, 2.05) is 0 Å². The zero-order valence-electron chi connectivity index (χ0n) is 58.9. The summed E-state index contributed by atoms with van der Waals surface area (Å²) in [6.45, 7) is 4.58. The second kappa shape index (κ2) is 67.5. The average molecular weight is 1370 g/mol. The van der Waals surface area contributed by atoms with Gasteiger partial charge >= 0.3 is 39.5 Å². The van der Waals surface area contributed by atoms with E-state index in [0.29, 0.717) is 25.7 Å². The third kappa shape index (κ3) is 66.6. The van der Waals surface area contributed by atoms with Crippen molar-refractivity contribution in [1.29, 1.82) is 0 Å². The lowest BCUT2D eigenvalue weighted by Gasteiger charge is -2.21. The van der Waals surface area contributed by atoms with E-state index in [9.17, 15) is 43.2 Å². The van der Waals surface area contributed by atoms with Crippen LogP contribution in [0.25, 0.3) is 0 Å². The summed E-state index contributed by atoms with van der Waals surface area (Å²) in [7, 11) is -9.95. The standard InChI is InChI=1S/C75H130O17P2/c1-5-9-13-17-21-25-29-32-34-37-41-44-48-52-56-60-73(78)86-66-71(92-75(80)62-58-54-50-46-42-38-35-33-30-26-22-18-14-10-6-2)68-90-94(83,84)88-64-69(76)63-87-93(81,82)89-67-70(91-74(79)61-57-53-49-45-39-28-24-20-16-12-8-4)65-85-72(77)59-55-51-47-43-40-36-31-27-23-19-15-11-7-3/h9,13,15,19,21-22,25-27,31-35,41,44,69-71,76H,5-8,10-12,14,16-18,20,23-24,28-30,36-40,42-43,45-68H2,1-4H3,(H,81,82)(H,83,84)/b13-9-,19-15-,25-21-,26-22-,31-27-,34-32-,35-33-,44-41-. The van der Waals surface area contributed by atoms with E-state index in [1.54, 1.807) is 0 Å². The number of aliphatic hydroxyl groups is 1. The highest BCUT2D eigenvalue weighted by atomic mass is 31.2. The Morgan fingerprint density at radius 2 is 0.574 bits per heavy atom. The Morgan fingerprint density at radius 1 is 0.309 bits per heavy atom. The molecule has 0 bridgehead atoms. The van der Waals surface area contributed by atoms with Crippen LogP contribution in [0.4, 0.5) is 0 Å². The topological polar surface area (TPSA) is 237 Å². The maximum atomic E-state index is 13.0. The van der Waals surface area contributed by atoms with E-state index < -0.39 is 97.5 Å². The number of hydrogen-bond donors (Lipinski definition) is 3. The molecule has 5 atom stereocenters. The molecule has 0 saturated heterocycles. The van der Waals surface area contributed by atoms with Gasteiger partial charge in [0.05, 0.1) is 26.4 Å². The van der Waals surface area contributed by atoms with Gasteiger partial charge in [-0.1, -0.05) is 247 Å². The number of aliphatic hydroxyl groups excluding tert-OH is 1. The van der Waals surface area contributed by atoms with E-state index in [-0.39, 0.29) is 25.7 Å². The molecule has 5 unspecified atom stereocenters. The van der Waals surface area contributed by atoms with Gasteiger partial charge in [0.15, 0.2) is 12.2 Å². The zero-order valence-corrected chi connectivity index (χ0v) is 60.7. The number of carbonyl (C=O) groups excluding carboxylic acids is 4. The Hall–Kier alpha value is -4.02. The molecule has 0 radical (unpaired) electrons. The fourth-order valence-corrected chi connectivity index (χ4v) is 11.0. The quantitative estimate of drug-likeness (QED) is 0.0169. The van der Waals surface area contributed by atoms with Crippen molar-refractivity contribution < 1.29 is 80.2 Å². The number of allylic oxidation sites excluding steroid dienone is 16. The van der Waals surface area contributed by atoms with E-state index >= 15 is 0 Å². The molecule has 17 nitrogen and oxygen atoms in total. The summed E-state index contributed by atoms with van der Waals surface area (Å²) in [5.74, 6) is -2.25. The Kier molecular flexibility index (Phi) is 64.7. The zero-order chi connectivity index (χ0) is 69.0. The van der Waals surface area contributed by atoms with E-state index in [1.165, 1.54) is 57.8 Å². The Bertz CT molecular complexity index is 2170. The van der Waals surface area contributed by atoms with Gasteiger partial charge in [0.25, 0.3) is 0 Å². The summed E-state index contributed by atoms with van der Waals surface area (Å²) in [4.78, 5) is 72.6. The van der Waals surface area contributed by atoms with Crippen LogP contribution in [-0.4, -0.2) is 96.7 Å². The van der Waals surface area contributed by atoms with Crippen LogP contribution < -0.4 is 0 Å². The van der Waals surface area contributed by atoms with Crippen LogP contribution in [0.15, 0.2) is 97.2 Å². The largest absolute Gasteiger partial charge is 0.472 e. The van der Waals surface area contributed by atoms with Crippen molar-refractivity contribution in [3.8, 4) is 0 Å². The van der Waals surface area contributed by atoms with Gasteiger partial charge in [-0.05, 0) is 122 Å². The number of carbonyl (C=O) groups is 4. The minimum Gasteiger partial charge on any atom is -0.462 e. The number of phosphoric ester groups is 2. The highest BCUT2D eigenvalue weighted by molar-refractivity contribution is 7.47. The lowest BCUT2D eigenvalue weighted by Crippen LogP contribution is -2.30. The lowest BCUT2D eigenvalue weighted by atomic mass is 10.1. The van der Waals surface area contributed by atoms with E-state index in [2.05, 4.69) is 125 Å². The smallest absolute Gasteiger partial charge is 0.462 e. The second-order valence-corrected chi connectivity index (χ2v) is 27.1. The number of unbranched alkanes of at least 4 members (excludes halogenated alkanes) is 26. The van der Waals surface area contributed by atoms with Crippen LogP contribution in [0.1, 0.15) is 297 Å². The van der Waals surface area contributed by atoms with Crippen LogP contribution in [0.3, 0.4) is 0 Å². The molecule has 0 aliphatic carbocycles. The molecule has 0 amide bonds. The van der Waals surface area contributed by atoms with Gasteiger partial charge in [-0.25, -0.2) is 9.13 Å². The molecular formula is C75H130O17P2. The number of phosphoric acid groups is 2. The van der Waals surface area contributed by atoms with Gasteiger partial charge in [-0.3, -0.25) is 37.3 Å². The highest BCUT2D eigenvalue weighted by Gasteiger charge is 2.30. The first-order chi connectivity index (χ1) is 45.7. The first-order valence-corrected chi connectivity index (χ1v) is 39.5. The maximum absolute atomic E-state index is 13.0. The first kappa shape index (κ1) is 90.0. The van der Waals surface area contributed by atoms with Crippen LogP contribution in [0, 0.1) is 0 Å². The van der Waals surface area contributed by atoms with Gasteiger partial charge in [0.2, 0.25) is 0 Å². The minimum atomic E-state index is -4.98. The fourth-order valence-electron chi connectivity index (χ4n) is 9.45. The summed E-state index contributed by atoms with van der Waals surface area (Å²) in [5.41, 5.74) is 0. The molecule has 0 aromatic heterocycles. The number of esters is 4. The molecule has 94 heavy (non-hydrogen) atoms. The van der Waals surface area contributed by atoms with Crippen molar-refractivity contribution >= 4 is 39.5 Å². The van der Waals surface area contributed by atoms with Crippen LogP contribution >= 0.6 is 15.6 Å². The molecule has 0 aliphatic heterocycles. The van der Waals surface area contributed by atoms with E-state index in [0.717, 1.165) is 161 Å². The minimum absolute atomic E-state index is 0.0695. The summed E-state index contributed by atoms with van der Waals surface area (Å²) >= 11 is 0. The van der Waals surface area contributed by atoms with Crippen molar-refractivity contribution in [3.63, 3.8) is 0 Å². The van der Waals surface area contributed by atoms with Gasteiger partial charge in [0, 0.05) is 25.7 Å². The molecule has 0 rings (SSSR count). The monoisotopic (exact) mass is 1360 g/mol. The number of rotatable bonds is 68. The third-order valence-corrected chi connectivity index (χ3v) is 16.9. The molecule has 0 saturated carbocycles. The molecule has 0 spiro atoms. The second-order valence-electron chi connectivity index (χ2n) is 24.2. The Labute approximate surface area is 569 Å². The molecule has 0 aliphatic rings. The lowest BCUT2D eigenvalue weighted by molar-refractivity contribution is -0.161. The molecule has 542 valence electrons. The third-order valence-electron chi connectivity index (χ3n) is 15.0. The van der Waals surface area contributed by atoms with Gasteiger partial charge < -0.3 is 33.8 Å².